The van der Waals surface area contributed by atoms with Gasteiger partial charge in [-0.1, -0.05) is 24.4 Å². The Morgan fingerprint density at radius 3 is 2.89 bits per heavy atom. The van der Waals surface area contributed by atoms with Gasteiger partial charge < -0.3 is 15.4 Å². The largest absolute Gasteiger partial charge is 0.469 e. The van der Waals surface area contributed by atoms with Crippen LogP contribution in [0.5, 0.6) is 0 Å². The fourth-order valence-corrected chi connectivity index (χ4v) is 2.76. The normalized spacial score (nSPS) is 18.4. The van der Waals surface area contributed by atoms with E-state index in [-0.39, 0.29) is 11.9 Å². The van der Waals surface area contributed by atoms with E-state index in [1.165, 1.54) is 7.11 Å². The Labute approximate surface area is 118 Å². The van der Waals surface area contributed by atoms with Crippen LogP contribution in [0.25, 0.3) is 0 Å². The Morgan fingerprint density at radius 2 is 2.26 bits per heavy atom. The molecule has 0 aliphatic carbocycles. The minimum absolute atomic E-state index is 0.0659. The van der Waals surface area contributed by atoms with Crippen molar-refractivity contribution in [1.82, 2.24) is 0 Å². The van der Waals surface area contributed by atoms with Crippen LogP contribution in [0.4, 0.5) is 5.69 Å². The zero-order chi connectivity index (χ0) is 14.0. The van der Waals surface area contributed by atoms with E-state index in [4.69, 9.17) is 22.7 Å². The second-order valence-corrected chi connectivity index (χ2v) is 5.23. The molecule has 1 fully saturated rings. The topological polar surface area (TPSA) is 55.6 Å². The van der Waals surface area contributed by atoms with Crippen LogP contribution in [0.15, 0.2) is 18.2 Å². The molecule has 1 atom stereocenters. The van der Waals surface area contributed by atoms with Gasteiger partial charge in [0.25, 0.3) is 0 Å². The summed E-state index contributed by atoms with van der Waals surface area (Å²) in [6.45, 7) is 3.51. The SMILES string of the molecule is COC(=O)C1CCN(c2c(C)cccc2C(N)=S)C1. The molecular formula is C14H18N2O2S. The molecule has 5 heteroatoms. The van der Waals surface area contributed by atoms with Gasteiger partial charge in [0.1, 0.15) is 4.99 Å². The number of rotatable bonds is 3. The first-order valence-corrected chi connectivity index (χ1v) is 6.67. The van der Waals surface area contributed by atoms with E-state index in [0.29, 0.717) is 11.5 Å². The van der Waals surface area contributed by atoms with Crippen LogP contribution in [0, 0.1) is 12.8 Å². The molecule has 1 aliphatic rings. The number of benzene rings is 1. The monoisotopic (exact) mass is 278 g/mol. The van der Waals surface area contributed by atoms with E-state index in [2.05, 4.69) is 4.90 Å². The van der Waals surface area contributed by atoms with E-state index in [0.717, 1.165) is 29.8 Å². The van der Waals surface area contributed by atoms with Crippen molar-refractivity contribution in [1.29, 1.82) is 0 Å². The molecule has 1 aromatic carbocycles. The maximum atomic E-state index is 11.6. The molecule has 0 spiro atoms. The first-order chi connectivity index (χ1) is 9.04. The zero-order valence-electron chi connectivity index (χ0n) is 11.2. The molecule has 4 nitrogen and oxygen atoms in total. The quantitative estimate of drug-likeness (QED) is 0.673. The number of nitrogens with two attached hydrogens (primary N) is 1. The number of nitrogens with zero attached hydrogens (tertiary/aromatic N) is 1. The van der Waals surface area contributed by atoms with Crippen molar-refractivity contribution in [2.75, 3.05) is 25.1 Å². The van der Waals surface area contributed by atoms with Crippen LogP contribution in [0.3, 0.4) is 0 Å². The number of esters is 1. The average molecular weight is 278 g/mol. The molecule has 19 heavy (non-hydrogen) atoms. The second kappa shape index (κ2) is 5.57. The van der Waals surface area contributed by atoms with Gasteiger partial charge in [0.2, 0.25) is 0 Å². The van der Waals surface area contributed by atoms with Gasteiger partial charge in [-0.3, -0.25) is 4.79 Å². The summed E-state index contributed by atoms with van der Waals surface area (Å²) in [5, 5.41) is 0. The van der Waals surface area contributed by atoms with Crippen LogP contribution >= 0.6 is 12.2 Å². The molecule has 0 amide bonds. The third-order valence-electron chi connectivity index (χ3n) is 3.54. The molecule has 0 radical (unpaired) electrons. The molecule has 1 heterocycles. The summed E-state index contributed by atoms with van der Waals surface area (Å²) < 4.78 is 4.81. The van der Waals surface area contributed by atoms with Crippen LogP contribution in [-0.4, -0.2) is 31.2 Å². The number of hydrogen-bond acceptors (Lipinski definition) is 4. The number of anilines is 1. The van der Waals surface area contributed by atoms with Crippen molar-refractivity contribution in [2.24, 2.45) is 11.7 Å². The molecule has 1 unspecified atom stereocenters. The third-order valence-corrected chi connectivity index (χ3v) is 3.76. The van der Waals surface area contributed by atoms with Crippen LogP contribution < -0.4 is 10.6 Å². The third kappa shape index (κ3) is 2.71. The summed E-state index contributed by atoms with van der Waals surface area (Å²) in [5.41, 5.74) is 8.82. The van der Waals surface area contributed by atoms with Gasteiger partial charge in [-0.05, 0) is 25.0 Å². The van der Waals surface area contributed by atoms with E-state index in [1.54, 1.807) is 0 Å². The summed E-state index contributed by atoms with van der Waals surface area (Å²) in [6.07, 6.45) is 0.803. The summed E-state index contributed by atoms with van der Waals surface area (Å²) in [4.78, 5) is 14.2. The smallest absolute Gasteiger partial charge is 0.310 e. The van der Waals surface area contributed by atoms with Crippen molar-refractivity contribution in [3.8, 4) is 0 Å². The number of para-hydroxylation sites is 1. The van der Waals surface area contributed by atoms with Gasteiger partial charge in [-0.25, -0.2) is 0 Å². The number of hydrogen-bond donors (Lipinski definition) is 1. The van der Waals surface area contributed by atoms with Crippen LogP contribution in [0.1, 0.15) is 17.5 Å². The molecule has 1 aliphatic heterocycles. The highest BCUT2D eigenvalue weighted by Gasteiger charge is 2.30. The predicted molar refractivity (Wildman–Crippen MR) is 79.4 cm³/mol. The number of aryl methyl sites for hydroxylation is 1. The lowest BCUT2D eigenvalue weighted by molar-refractivity contribution is -0.144. The Kier molecular flexibility index (Phi) is 4.04. The number of thiocarbonyl (C=S) groups is 1. The zero-order valence-corrected chi connectivity index (χ0v) is 12.0. The van der Waals surface area contributed by atoms with E-state index in [1.807, 2.05) is 25.1 Å². The molecule has 0 bridgehead atoms. The number of carbonyl (C=O) groups excluding carboxylic acids is 1. The van der Waals surface area contributed by atoms with E-state index < -0.39 is 0 Å². The van der Waals surface area contributed by atoms with Gasteiger partial charge in [-0.2, -0.15) is 0 Å². The first kappa shape index (κ1) is 13.8. The lowest BCUT2D eigenvalue weighted by Crippen LogP contribution is -2.26. The van der Waals surface area contributed by atoms with E-state index in [9.17, 15) is 4.79 Å². The van der Waals surface area contributed by atoms with Gasteiger partial charge in [0.05, 0.1) is 13.0 Å². The predicted octanol–water partition coefficient (Wildman–Crippen LogP) is 1.63. The highest BCUT2D eigenvalue weighted by molar-refractivity contribution is 7.80. The molecule has 0 saturated carbocycles. The molecule has 1 saturated heterocycles. The average Bonchev–Trinajstić information content (AvgIpc) is 2.86. The summed E-state index contributed by atoms with van der Waals surface area (Å²) in [7, 11) is 1.43. The molecular weight excluding hydrogens is 260 g/mol. The first-order valence-electron chi connectivity index (χ1n) is 6.26. The Hall–Kier alpha value is -1.62. The number of methoxy groups -OCH3 is 1. The molecule has 102 valence electrons. The molecule has 2 rings (SSSR count). The maximum absolute atomic E-state index is 11.6. The highest BCUT2D eigenvalue weighted by Crippen LogP contribution is 2.30. The lowest BCUT2D eigenvalue weighted by Gasteiger charge is -2.23. The van der Waals surface area contributed by atoms with Gasteiger partial charge in [0.15, 0.2) is 0 Å². The summed E-state index contributed by atoms with van der Waals surface area (Å²) in [6, 6.07) is 5.90. The minimum Gasteiger partial charge on any atom is -0.469 e. The lowest BCUT2D eigenvalue weighted by atomic mass is 10.1. The Morgan fingerprint density at radius 1 is 1.53 bits per heavy atom. The highest BCUT2D eigenvalue weighted by atomic mass is 32.1. The number of carbonyl (C=O) groups is 1. The Bertz CT molecular complexity index is 516. The number of ether oxygens (including phenoxy) is 1. The maximum Gasteiger partial charge on any atom is 0.310 e. The molecule has 2 N–H and O–H groups in total. The summed E-state index contributed by atoms with van der Waals surface area (Å²) >= 11 is 5.11. The van der Waals surface area contributed by atoms with Crippen molar-refractivity contribution < 1.29 is 9.53 Å². The van der Waals surface area contributed by atoms with Crippen molar-refractivity contribution in [3.05, 3.63) is 29.3 Å². The van der Waals surface area contributed by atoms with Crippen molar-refractivity contribution in [3.63, 3.8) is 0 Å². The Balaban J connectivity index is 2.29. The minimum atomic E-state index is -0.145. The fourth-order valence-electron chi connectivity index (χ4n) is 2.60. The van der Waals surface area contributed by atoms with Crippen molar-refractivity contribution in [2.45, 2.75) is 13.3 Å². The molecule has 1 aromatic rings. The molecule has 0 aromatic heterocycles. The van der Waals surface area contributed by atoms with Crippen molar-refractivity contribution >= 4 is 28.9 Å². The van der Waals surface area contributed by atoms with Gasteiger partial charge >= 0.3 is 5.97 Å². The summed E-state index contributed by atoms with van der Waals surface area (Å²) in [5.74, 6) is -0.211. The van der Waals surface area contributed by atoms with Gasteiger partial charge in [-0.15, -0.1) is 0 Å². The van der Waals surface area contributed by atoms with Gasteiger partial charge in [0, 0.05) is 24.3 Å². The fraction of sp³-hybridized carbons (Fsp3) is 0.429. The standard InChI is InChI=1S/C14H18N2O2S/c1-9-4-3-5-11(13(15)19)12(9)16-7-6-10(8-16)14(17)18-2/h3-5,10H,6-8H2,1-2H3,(H2,15,19). The van der Waals surface area contributed by atoms with E-state index >= 15 is 0 Å². The van der Waals surface area contributed by atoms with Crippen LogP contribution in [-0.2, 0) is 9.53 Å². The second-order valence-electron chi connectivity index (χ2n) is 4.79. The van der Waals surface area contributed by atoms with Crippen LogP contribution in [0.2, 0.25) is 0 Å².